The summed E-state index contributed by atoms with van der Waals surface area (Å²) in [6.45, 7) is 4.05. The highest BCUT2D eigenvalue weighted by Crippen LogP contribution is 2.40. The van der Waals surface area contributed by atoms with Crippen LogP contribution in [-0.2, 0) is 0 Å². The third kappa shape index (κ3) is 3.46. The van der Waals surface area contributed by atoms with Gasteiger partial charge < -0.3 is 10.6 Å². The van der Waals surface area contributed by atoms with Crippen molar-refractivity contribution in [2.45, 2.75) is 32.1 Å². The maximum Gasteiger partial charge on any atom is 0.293 e. The van der Waals surface area contributed by atoms with Gasteiger partial charge in [0.25, 0.3) is 5.91 Å². The molecule has 0 spiro atoms. The van der Waals surface area contributed by atoms with Crippen LogP contribution in [0, 0.1) is 5.41 Å². The van der Waals surface area contributed by atoms with Crippen LogP contribution in [0.25, 0.3) is 5.69 Å². The molecule has 1 amide bonds. The molecule has 0 bridgehead atoms. The van der Waals surface area contributed by atoms with Crippen molar-refractivity contribution < 1.29 is 4.79 Å². The Morgan fingerprint density at radius 3 is 2.73 bits per heavy atom. The number of carbonyl (C=O) groups is 1. The molecule has 1 atom stereocenters. The van der Waals surface area contributed by atoms with Crippen LogP contribution in [0.5, 0.6) is 0 Å². The van der Waals surface area contributed by atoms with Crippen molar-refractivity contribution in [3.63, 3.8) is 0 Å². The normalized spacial score (nSPS) is 22.3. The number of halogens is 2. The molecule has 2 aliphatic rings. The first-order valence-electron chi connectivity index (χ1n) is 8.72. The number of para-hydroxylation sites is 1. The van der Waals surface area contributed by atoms with Crippen molar-refractivity contribution in [1.82, 2.24) is 19.7 Å². The molecular weight excluding hydrogens is 373 g/mol. The first-order chi connectivity index (χ1) is 12.0. The molecule has 1 aliphatic heterocycles. The summed E-state index contributed by atoms with van der Waals surface area (Å²) in [6.07, 6.45) is 3.06. The lowest BCUT2D eigenvalue weighted by Crippen LogP contribution is -2.35. The smallest absolute Gasteiger partial charge is 0.293 e. The van der Waals surface area contributed by atoms with Gasteiger partial charge in [-0.1, -0.05) is 30.7 Å². The van der Waals surface area contributed by atoms with Gasteiger partial charge in [0.2, 0.25) is 5.82 Å². The Kier molecular flexibility index (Phi) is 5.28. The molecule has 2 fully saturated rings. The third-order valence-corrected chi connectivity index (χ3v) is 5.50. The number of hydrogen-bond acceptors (Lipinski definition) is 4. The van der Waals surface area contributed by atoms with E-state index in [2.05, 4.69) is 17.0 Å². The molecule has 1 aromatic heterocycles. The Morgan fingerprint density at radius 2 is 2.12 bits per heavy atom. The van der Waals surface area contributed by atoms with Gasteiger partial charge in [0.1, 0.15) is 5.82 Å². The van der Waals surface area contributed by atoms with Crippen molar-refractivity contribution in [1.29, 1.82) is 0 Å². The Morgan fingerprint density at radius 1 is 1.38 bits per heavy atom. The molecule has 140 valence electrons. The fraction of sp³-hybridized carbons (Fsp3) is 0.500. The molecule has 4 rings (SSSR count). The largest absolute Gasteiger partial charge is 0.335 e. The molecule has 8 heteroatoms. The van der Waals surface area contributed by atoms with Crippen molar-refractivity contribution in [3.8, 4) is 5.69 Å². The van der Waals surface area contributed by atoms with Crippen molar-refractivity contribution in [3.05, 3.63) is 40.9 Å². The monoisotopic (exact) mass is 395 g/mol. The first-order valence-corrected chi connectivity index (χ1v) is 9.10. The fourth-order valence-electron chi connectivity index (χ4n) is 3.33. The number of hydrogen-bond donors (Lipinski definition) is 1. The predicted molar refractivity (Wildman–Crippen MR) is 103 cm³/mol. The van der Waals surface area contributed by atoms with E-state index in [-0.39, 0.29) is 29.6 Å². The number of benzene rings is 1. The maximum atomic E-state index is 12.9. The van der Waals surface area contributed by atoms with Gasteiger partial charge in [-0.3, -0.25) is 4.79 Å². The van der Waals surface area contributed by atoms with E-state index in [1.165, 1.54) is 0 Å². The summed E-state index contributed by atoms with van der Waals surface area (Å²) in [4.78, 5) is 19.3. The molecule has 26 heavy (non-hydrogen) atoms. The lowest BCUT2D eigenvalue weighted by atomic mass is 9.90. The van der Waals surface area contributed by atoms with Gasteiger partial charge in [-0.25, -0.2) is 9.67 Å². The number of nitrogens with two attached hydrogens (primary N) is 1. The van der Waals surface area contributed by atoms with Crippen molar-refractivity contribution in [2.24, 2.45) is 11.1 Å². The lowest BCUT2D eigenvalue weighted by molar-refractivity contribution is 0.0765. The highest BCUT2D eigenvalue weighted by Gasteiger charge is 2.38. The summed E-state index contributed by atoms with van der Waals surface area (Å²) in [7, 11) is 0. The molecule has 1 unspecified atom stereocenters. The summed E-state index contributed by atoms with van der Waals surface area (Å²) >= 11 is 6.33. The van der Waals surface area contributed by atoms with E-state index in [4.69, 9.17) is 17.3 Å². The molecule has 2 N–H and O–H groups in total. The highest BCUT2D eigenvalue weighted by atomic mass is 35.5. The van der Waals surface area contributed by atoms with E-state index in [0.717, 1.165) is 30.8 Å². The number of rotatable bonds is 4. The Labute approximate surface area is 164 Å². The summed E-state index contributed by atoms with van der Waals surface area (Å²) < 4.78 is 1.74. The fourth-order valence-corrected chi connectivity index (χ4v) is 3.54. The van der Waals surface area contributed by atoms with Crippen LogP contribution in [0.15, 0.2) is 24.3 Å². The van der Waals surface area contributed by atoms with Gasteiger partial charge >= 0.3 is 0 Å². The number of nitrogens with zero attached hydrogens (tertiary/aromatic N) is 4. The van der Waals surface area contributed by atoms with Crippen LogP contribution < -0.4 is 5.73 Å². The second-order valence-electron chi connectivity index (χ2n) is 7.42. The Hall–Kier alpha value is -1.63. The molecule has 1 saturated heterocycles. The average molecular weight is 396 g/mol. The van der Waals surface area contributed by atoms with Crippen LogP contribution in [-0.4, -0.2) is 45.2 Å². The molecule has 2 heterocycles. The van der Waals surface area contributed by atoms with Gasteiger partial charge in [0, 0.05) is 19.0 Å². The minimum absolute atomic E-state index is 0. The van der Waals surface area contributed by atoms with Gasteiger partial charge in [-0.05, 0) is 43.4 Å². The molecule has 1 aromatic carbocycles. The quantitative estimate of drug-likeness (QED) is 0.862. The highest BCUT2D eigenvalue weighted by molar-refractivity contribution is 6.32. The lowest BCUT2D eigenvalue weighted by Gasteiger charge is -2.21. The SMILES string of the molecule is CC1(CN)CCN(C(=O)c2nc(C3CC3)n(-c3ccccc3Cl)n2)C1.Cl. The topological polar surface area (TPSA) is 77.0 Å². The van der Waals surface area contributed by atoms with Gasteiger partial charge in [0.05, 0.1) is 10.7 Å². The standard InChI is InChI=1S/C18H22ClN5O.ClH/c1-18(10-20)8-9-23(11-18)17(25)15-21-16(12-6-7-12)24(22-15)14-5-3-2-4-13(14)19;/h2-5,12H,6-11,20H2,1H3;1H. The second-order valence-corrected chi connectivity index (χ2v) is 7.83. The molecule has 1 aliphatic carbocycles. The van der Waals surface area contributed by atoms with E-state index in [1.54, 1.807) is 4.68 Å². The number of carbonyl (C=O) groups excluding carboxylic acids is 1. The molecule has 0 radical (unpaired) electrons. The van der Waals surface area contributed by atoms with Crippen LogP contribution >= 0.6 is 24.0 Å². The van der Waals surface area contributed by atoms with Gasteiger partial charge in [-0.15, -0.1) is 17.5 Å². The zero-order chi connectivity index (χ0) is 17.6. The van der Waals surface area contributed by atoms with Crippen LogP contribution in [0.4, 0.5) is 0 Å². The Bertz CT molecular complexity index is 820. The first kappa shape index (κ1) is 19.1. The number of aromatic nitrogens is 3. The zero-order valence-corrected chi connectivity index (χ0v) is 16.3. The van der Waals surface area contributed by atoms with Gasteiger partial charge in [0.15, 0.2) is 0 Å². The summed E-state index contributed by atoms with van der Waals surface area (Å²) in [5.74, 6) is 1.32. The number of likely N-dealkylation sites (tertiary alicyclic amines) is 1. The minimum Gasteiger partial charge on any atom is -0.335 e. The van der Waals surface area contributed by atoms with Crippen molar-refractivity contribution >= 4 is 29.9 Å². The van der Waals surface area contributed by atoms with E-state index in [0.29, 0.717) is 30.6 Å². The molecule has 6 nitrogen and oxygen atoms in total. The van der Waals surface area contributed by atoms with Crippen LogP contribution in [0.1, 0.15) is 48.5 Å². The summed E-state index contributed by atoms with van der Waals surface area (Å²) in [5, 5.41) is 5.12. The van der Waals surface area contributed by atoms with Gasteiger partial charge in [-0.2, -0.15) is 0 Å². The Balaban J connectivity index is 0.00000196. The molecular formula is C18H23Cl2N5O. The van der Waals surface area contributed by atoms with Crippen LogP contribution in [0.2, 0.25) is 5.02 Å². The zero-order valence-electron chi connectivity index (χ0n) is 14.7. The second kappa shape index (κ2) is 7.18. The summed E-state index contributed by atoms with van der Waals surface area (Å²) in [5.41, 5.74) is 6.61. The van der Waals surface area contributed by atoms with E-state index < -0.39 is 0 Å². The number of amides is 1. The molecule has 1 saturated carbocycles. The average Bonchev–Trinajstić information content (AvgIpc) is 3.24. The van der Waals surface area contributed by atoms with Crippen LogP contribution in [0.3, 0.4) is 0 Å². The van der Waals surface area contributed by atoms with E-state index >= 15 is 0 Å². The predicted octanol–water partition coefficient (Wildman–Crippen LogP) is 3.03. The summed E-state index contributed by atoms with van der Waals surface area (Å²) in [6, 6.07) is 7.51. The van der Waals surface area contributed by atoms with Crippen molar-refractivity contribution in [2.75, 3.05) is 19.6 Å². The van der Waals surface area contributed by atoms with E-state index in [1.807, 2.05) is 29.2 Å². The molecule has 2 aromatic rings. The minimum atomic E-state index is -0.120. The van der Waals surface area contributed by atoms with E-state index in [9.17, 15) is 4.79 Å². The third-order valence-electron chi connectivity index (χ3n) is 5.18. The maximum absolute atomic E-state index is 12.9.